The molecule has 6 rings (SSSR count). The highest BCUT2D eigenvalue weighted by molar-refractivity contribution is 6.15. The molecule has 192 valence electrons. The Morgan fingerprint density at radius 2 is 1.87 bits per heavy atom. The Labute approximate surface area is 216 Å². The van der Waals surface area contributed by atoms with Crippen LogP contribution >= 0.6 is 0 Å². The number of nitrogens with zero attached hydrogens (tertiary/aromatic N) is 3. The van der Waals surface area contributed by atoms with E-state index in [-0.39, 0.29) is 18.9 Å². The zero-order valence-corrected chi connectivity index (χ0v) is 20.1. The molecule has 4 aromatic rings. The van der Waals surface area contributed by atoms with Crippen LogP contribution in [0.5, 0.6) is 0 Å². The first-order valence-corrected chi connectivity index (χ1v) is 12.2. The third kappa shape index (κ3) is 5.17. The third-order valence-corrected chi connectivity index (χ3v) is 6.27. The van der Waals surface area contributed by atoms with Gasteiger partial charge >= 0.3 is 0 Å². The SMILES string of the molecule is O=C1C/C(=C/c2cnn3ccc(Nc4cc(NCc5ccc(F)cc5F)cc(NC5CC5)c4)nc23)C(=O)N1. The third-order valence-electron chi connectivity index (χ3n) is 6.27. The van der Waals surface area contributed by atoms with Crippen LogP contribution in [0.25, 0.3) is 11.7 Å². The molecule has 2 aliphatic rings. The summed E-state index contributed by atoms with van der Waals surface area (Å²) in [5, 5.41) is 16.5. The van der Waals surface area contributed by atoms with E-state index in [4.69, 9.17) is 0 Å². The molecule has 2 fully saturated rings. The van der Waals surface area contributed by atoms with Crippen molar-refractivity contribution < 1.29 is 18.4 Å². The maximum atomic E-state index is 14.1. The number of hydrogen-bond acceptors (Lipinski definition) is 7. The Bertz CT molecular complexity index is 1610. The van der Waals surface area contributed by atoms with Crippen molar-refractivity contribution in [3.8, 4) is 0 Å². The van der Waals surface area contributed by atoms with Crippen molar-refractivity contribution in [2.45, 2.75) is 31.8 Å². The molecule has 0 radical (unpaired) electrons. The molecule has 9 nitrogen and oxygen atoms in total. The van der Waals surface area contributed by atoms with Gasteiger partial charge in [0.25, 0.3) is 5.91 Å². The van der Waals surface area contributed by atoms with Crippen LogP contribution in [0.3, 0.4) is 0 Å². The van der Waals surface area contributed by atoms with Gasteiger partial charge in [-0.25, -0.2) is 18.3 Å². The molecule has 0 atom stereocenters. The lowest BCUT2D eigenvalue weighted by Gasteiger charge is -2.14. The van der Waals surface area contributed by atoms with Crippen LogP contribution < -0.4 is 21.3 Å². The average Bonchev–Trinajstić information content (AvgIpc) is 3.51. The molecule has 1 aliphatic heterocycles. The van der Waals surface area contributed by atoms with Crippen molar-refractivity contribution in [3.63, 3.8) is 0 Å². The van der Waals surface area contributed by atoms with Crippen LogP contribution in [-0.2, 0) is 16.1 Å². The first-order chi connectivity index (χ1) is 18.4. The fourth-order valence-electron chi connectivity index (χ4n) is 4.23. The van der Waals surface area contributed by atoms with E-state index < -0.39 is 17.5 Å². The van der Waals surface area contributed by atoms with Gasteiger partial charge in [0.15, 0.2) is 5.65 Å². The molecular formula is C27H23F2N7O2. The second-order valence-corrected chi connectivity index (χ2v) is 9.34. The molecule has 1 aliphatic carbocycles. The summed E-state index contributed by atoms with van der Waals surface area (Å²) >= 11 is 0. The Balaban J connectivity index is 1.26. The minimum absolute atomic E-state index is 0.0203. The summed E-state index contributed by atoms with van der Waals surface area (Å²) in [5.74, 6) is -1.42. The number of nitrogens with one attached hydrogen (secondary N) is 4. The number of anilines is 4. The van der Waals surface area contributed by atoms with Gasteiger partial charge in [-0.1, -0.05) is 6.07 Å². The lowest BCUT2D eigenvalue weighted by molar-refractivity contribution is -0.124. The number of fused-ring (bicyclic) bond motifs is 1. The molecule has 2 amide bonds. The van der Waals surface area contributed by atoms with Gasteiger partial charge in [-0.3, -0.25) is 14.9 Å². The molecular weight excluding hydrogens is 492 g/mol. The molecule has 3 heterocycles. The smallest absolute Gasteiger partial charge is 0.254 e. The number of imide groups is 1. The van der Waals surface area contributed by atoms with E-state index >= 15 is 0 Å². The van der Waals surface area contributed by atoms with Crippen molar-refractivity contribution >= 4 is 46.4 Å². The molecule has 11 heteroatoms. The molecule has 2 aromatic heterocycles. The van der Waals surface area contributed by atoms with Crippen molar-refractivity contribution in [3.05, 3.63) is 83.2 Å². The highest BCUT2D eigenvalue weighted by Crippen LogP contribution is 2.30. The minimum atomic E-state index is -0.615. The Morgan fingerprint density at radius 3 is 2.63 bits per heavy atom. The van der Waals surface area contributed by atoms with E-state index in [1.54, 1.807) is 29.1 Å². The number of carbonyl (C=O) groups is 2. The van der Waals surface area contributed by atoms with E-state index in [2.05, 4.69) is 31.3 Å². The maximum Gasteiger partial charge on any atom is 0.254 e. The van der Waals surface area contributed by atoms with Crippen LogP contribution in [0.1, 0.15) is 30.4 Å². The quantitative estimate of drug-likeness (QED) is 0.204. The van der Waals surface area contributed by atoms with Crippen molar-refractivity contribution in [2.75, 3.05) is 16.0 Å². The lowest BCUT2D eigenvalue weighted by atomic mass is 10.1. The molecule has 4 N–H and O–H groups in total. The van der Waals surface area contributed by atoms with Gasteiger partial charge in [-0.2, -0.15) is 5.10 Å². The number of amides is 2. The predicted octanol–water partition coefficient (Wildman–Crippen LogP) is 4.37. The van der Waals surface area contributed by atoms with Gasteiger partial charge < -0.3 is 16.0 Å². The van der Waals surface area contributed by atoms with Crippen LogP contribution in [-0.4, -0.2) is 32.5 Å². The van der Waals surface area contributed by atoms with E-state index in [9.17, 15) is 18.4 Å². The molecule has 0 unspecified atom stereocenters. The zero-order valence-electron chi connectivity index (χ0n) is 20.1. The highest BCUT2D eigenvalue weighted by Gasteiger charge is 2.24. The summed E-state index contributed by atoms with van der Waals surface area (Å²) < 4.78 is 29.0. The van der Waals surface area contributed by atoms with Gasteiger partial charge in [0.1, 0.15) is 17.5 Å². The predicted molar refractivity (Wildman–Crippen MR) is 139 cm³/mol. The largest absolute Gasteiger partial charge is 0.382 e. The van der Waals surface area contributed by atoms with Crippen molar-refractivity contribution in [2.24, 2.45) is 0 Å². The number of benzene rings is 2. The average molecular weight is 516 g/mol. The van der Waals surface area contributed by atoms with Crippen molar-refractivity contribution in [1.29, 1.82) is 0 Å². The summed E-state index contributed by atoms with van der Waals surface area (Å²) in [6.07, 6.45) is 7.18. The highest BCUT2D eigenvalue weighted by atomic mass is 19.1. The van der Waals surface area contributed by atoms with Gasteiger partial charge in [-0.15, -0.1) is 0 Å². The second-order valence-electron chi connectivity index (χ2n) is 9.34. The second kappa shape index (κ2) is 9.58. The molecule has 0 bridgehead atoms. The Kier molecular flexibility index (Phi) is 5.95. The fourth-order valence-corrected chi connectivity index (χ4v) is 4.23. The van der Waals surface area contributed by atoms with Crippen molar-refractivity contribution in [1.82, 2.24) is 19.9 Å². The Morgan fingerprint density at radius 1 is 1.05 bits per heavy atom. The lowest BCUT2D eigenvalue weighted by Crippen LogP contribution is -2.19. The first-order valence-electron chi connectivity index (χ1n) is 12.2. The summed E-state index contributed by atoms with van der Waals surface area (Å²) in [4.78, 5) is 28.2. The monoisotopic (exact) mass is 515 g/mol. The maximum absolute atomic E-state index is 14.1. The van der Waals surface area contributed by atoms with E-state index in [0.717, 1.165) is 36.0 Å². The van der Waals surface area contributed by atoms with Gasteiger partial charge in [0.05, 0.1) is 12.6 Å². The van der Waals surface area contributed by atoms with E-state index in [1.165, 1.54) is 12.1 Å². The molecule has 1 saturated carbocycles. The van der Waals surface area contributed by atoms with Crippen LogP contribution in [0, 0.1) is 11.6 Å². The number of rotatable bonds is 8. The summed E-state index contributed by atoms with van der Waals surface area (Å²) in [5.41, 5.74) is 4.23. The van der Waals surface area contributed by atoms with E-state index in [1.807, 2.05) is 18.2 Å². The van der Waals surface area contributed by atoms with Crippen LogP contribution in [0.15, 0.2) is 60.4 Å². The molecule has 38 heavy (non-hydrogen) atoms. The molecule has 1 saturated heterocycles. The topological polar surface area (TPSA) is 112 Å². The van der Waals surface area contributed by atoms with Gasteiger partial charge in [0, 0.05) is 58.6 Å². The number of halogens is 2. The number of aromatic nitrogens is 3. The molecule has 0 spiro atoms. The normalized spacial score (nSPS) is 16.2. The summed E-state index contributed by atoms with van der Waals surface area (Å²) in [6.45, 7) is 0.187. The van der Waals surface area contributed by atoms with Gasteiger partial charge in [-0.05, 0) is 49.2 Å². The minimum Gasteiger partial charge on any atom is -0.382 e. The van der Waals surface area contributed by atoms with Crippen LogP contribution in [0.2, 0.25) is 0 Å². The standard InChI is InChI=1S/C27H23F2N7O2/c28-18-2-1-15(23(29)9-18)13-30-20-10-21(32-19-3-4-19)12-22(11-20)33-24-5-6-36-26(34-24)17(14-31-36)7-16-8-25(37)35-27(16)38/h1-2,5-7,9-12,14,19,30,32H,3-4,8,13H2,(H,33,34)(H,35,37,38)/b16-7-. The first kappa shape index (κ1) is 23.6. The Hall–Kier alpha value is -4.80. The summed E-state index contributed by atoms with van der Waals surface area (Å²) in [7, 11) is 0. The van der Waals surface area contributed by atoms with E-state index in [0.29, 0.717) is 34.2 Å². The zero-order chi connectivity index (χ0) is 26.2. The molecule has 2 aromatic carbocycles. The van der Waals surface area contributed by atoms with Crippen LogP contribution in [0.4, 0.5) is 31.7 Å². The number of carbonyl (C=O) groups excluding carboxylic acids is 2. The van der Waals surface area contributed by atoms with Gasteiger partial charge in [0.2, 0.25) is 5.91 Å². The summed E-state index contributed by atoms with van der Waals surface area (Å²) in [6, 6.07) is 11.5. The number of hydrogen-bond donors (Lipinski definition) is 4. The fraction of sp³-hybridized carbons (Fsp3) is 0.185.